The molecule has 0 fully saturated rings. The van der Waals surface area contributed by atoms with E-state index in [4.69, 9.17) is 0 Å². The molecule has 0 saturated heterocycles. The van der Waals surface area contributed by atoms with E-state index in [1.54, 1.807) is 0 Å². The number of amides is 1. The SMILES string of the molecule is CC[C@H](Br)C(=O)N[C@H](C)c1ccccc1C. The van der Waals surface area contributed by atoms with E-state index in [0.29, 0.717) is 0 Å². The minimum Gasteiger partial charge on any atom is -0.349 e. The van der Waals surface area contributed by atoms with E-state index in [2.05, 4.69) is 40.3 Å². The zero-order valence-electron chi connectivity index (χ0n) is 9.96. The van der Waals surface area contributed by atoms with E-state index in [-0.39, 0.29) is 16.8 Å². The molecule has 0 unspecified atom stereocenters. The van der Waals surface area contributed by atoms with Crippen molar-refractivity contribution in [2.75, 3.05) is 0 Å². The monoisotopic (exact) mass is 283 g/mol. The van der Waals surface area contributed by atoms with E-state index >= 15 is 0 Å². The first-order chi connectivity index (χ1) is 7.56. The third-order valence-corrected chi connectivity index (χ3v) is 3.72. The molecular weight excluding hydrogens is 266 g/mol. The molecule has 0 aliphatic rings. The van der Waals surface area contributed by atoms with Gasteiger partial charge >= 0.3 is 0 Å². The Labute approximate surface area is 106 Å². The van der Waals surface area contributed by atoms with Crippen LogP contribution in [0.15, 0.2) is 24.3 Å². The molecule has 88 valence electrons. The van der Waals surface area contributed by atoms with Crippen molar-refractivity contribution in [1.29, 1.82) is 0 Å². The first-order valence-corrected chi connectivity index (χ1v) is 6.47. The Morgan fingerprint density at radius 2 is 2.06 bits per heavy atom. The number of alkyl halides is 1. The lowest BCUT2D eigenvalue weighted by Crippen LogP contribution is -2.33. The Bertz CT molecular complexity index is 365. The van der Waals surface area contributed by atoms with Gasteiger partial charge in [-0.15, -0.1) is 0 Å². The molecule has 16 heavy (non-hydrogen) atoms. The smallest absolute Gasteiger partial charge is 0.234 e. The molecule has 1 aromatic carbocycles. The summed E-state index contributed by atoms with van der Waals surface area (Å²) in [6.07, 6.45) is 0.798. The Morgan fingerprint density at radius 1 is 1.44 bits per heavy atom. The molecule has 0 aliphatic carbocycles. The lowest BCUT2D eigenvalue weighted by molar-refractivity contribution is -0.121. The molecular formula is C13H18BrNO. The highest BCUT2D eigenvalue weighted by atomic mass is 79.9. The summed E-state index contributed by atoms with van der Waals surface area (Å²) >= 11 is 3.35. The van der Waals surface area contributed by atoms with Crippen LogP contribution < -0.4 is 5.32 Å². The molecule has 1 amide bonds. The highest BCUT2D eigenvalue weighted by molar-refractivity contribution is 9.10. The topological polar surface area (TPSA) is 29.1 Å². The summed E-state index contributed by atoms with van der Waals surface area (Å²) in [5.41, 5.74) is 2.38. The molecule has 0 saturated carbocycles. The summed E-state index contributed by atoms with van der Waals surface area (Å²) in [5.74, 6) is 0.0539. The fourth-order valence-corrected chi connectivity index (χ4v) is 1.77. The Hall–Kier alpha value is -0.830. The molecule has 0 spiro atoms. The van der Waals surface area contributed by atoms with Gasteiger partial charge in [0.05, 0.1) is 10.9 Å². The molecule has 0 bridgehead atoms. The zero-order chi connectivity index (χ0) is 12.1. The van der Waals surface area contributed by atoms with Crippen LogP contribution in [0.5, 0.6) is 0 Å². The van der Waals surface area contributed by atoms with Gasteiger partial charge in [-0.2, -0.15) is 0 Å². The molecule has 0 radical (unpaired) electrons. The minimum absolute atomic E-state index is 0.0539. The van der Waals surface area contributed by atoms with Gasteiger partial charge in [0.15, 0.2) is 0 Å². The first kappa shape index (κ1) is 13.2. The summed E-state index contributed by atoms with van der Waals surface area (Å²) in [7, 11) is 0. The maximum atomic E-state index is 11.7. The van der Waals surface area contributed by atoms with Crippen LogP contribution in [0, 0.1) is 6.92 Å². The molecule has 1 aromatic rings. The van der Waals surface area contributed by atoms with Crippen LogP contribution in [-0.2, 0) is 4.79 Å². The van der Waals surface area contributed by atoms with Crippen LogP contribution in [0.2, 0.25) is 0 Å². The molecule has 3 heteroatoms. The van der Waals surface area contributed by atoms with Crippen LogP contribution >= 0.6 is 15.9 Å². The van der Waals surface area contributed by atoms with Gasteiger partial charge in [-0.3, -0.25) is 4.79 Å². The minimum atomic E-state index is -0.0982. The van der Waals surface area contributed by atoms with Crippen molar-refractivity contribution < 1.29 is 4.79 Å². The number of nitrogens with one attached hydrogen (secondary N) is 1. The highest BCUT2D eigenvalue weighted by Crippen LogP contribution is 2.17. The molecule has 2 nitrogen and oxygen atoms in total. The fourth-order valence-electron chi connectivity index (χ4n) is 1.64. The lowest BCUT2D eigenvalue weighted by atomic mass is 10.0. The molecule has 0 aliphatic heterocycles. The van der Waals surface area contributed by atoms with Gasteiger partial charge in [-0.1, -0.05) is 47.1 Å². The predicted molar refractivity (Wildman–Crippen MR) is 70.7 cm³/mol. The Kier molecular flexibility index (Phi) is 5.00. The second kappa shape index (κ2) is 6.04. The Balaban J connectivity index is 2.69. The maximum absolute atomic E-state index is 11.7. The number of carbonyl (C=O) groups excluding carboxylic acids is 1. The summed E-state index contributed by atoms with van der Waals surface area (Å²) in [4.78, 5) is 11.6. The molecule has 2 atom stereocenters. The Morgan fingerprint density at radius 3 is 2.62 bits per heavy atom. The van der Waals surface area contributed by atoms with Crippen LogP contribution in [0.4, 0.5) is 0 Å². The second-order valence-electron chi connectivity index (χ2n) is 3.96. The summed E-state index contributed by atoms with van der Waals surface area (Å²) in [5, 5.41) is 3.00. The van der Waals surface area contributed by atoms with Crippen molar-refractivity contribution >= 4 is 21.8 Å². The van der Waals surface area contributed by atoms with E-state index < -0.39 is 0 Å². The van der Waals surface area contributed by atoms with E-state index in [9.17, 15) is 4.79 Å². The van der Waals surface area contributed by atoms with Crippen LogP contribution in [0.3, 0.4) is 0 Å². The van der Waals surface area contributed by atoms with Gasteiger partial charge in [-0.25, -0.2) is 0 Å². The zero-order valence-corrected chi connectivity index (χ0v) is 11.5. The number of carbonyl (C=O) groups is 1. The van der Waals surface area contributed by atoms with Crippen molar-refractivity contribution in [1.82, 2.24) is 5.32 Å². The van der Waals surface area contributed by atoms with Gasteiger partial charge in [-0.05, 0) is 31.4 Å². The summed E-state index contributed by atoms with van der Waals surface area (Å²) in [6.45, 7) is 6.05. The van der Waals surface area contributed by atoms with E-state index in [1.807, 2.05) is 26.0 Å². The number of hydrogen-bond acceptors (Lipinski definition) is 1. The standard InChI is InChI=1S/C13H18BrNO/c1-4-12(14)13(16)15-10(3)11-8-6-5-7-9(11)2/h5-8,10,12H,4H2,1-3H3,(H,15,16)/t10-,12+/m1/s1. The molecule has 1 rings (SSSR count). The van der Waals surface area contributed by atoms with Crippen molar-refractivity contribution in [2.45, 2.75) is 38.1 Å². The van der Waals surface area contributed by atoms with Crippen molar-refractivity contribution in [3.63, 3.8) is 0 Å². The largest absolute Gasteiger partial charge is 0.349 e. The number of aryl methyl sites for hydroxylation is 1. The molecule has 1 N–H and O–H groups in total. The average Bonchev–Trinajstić information content (AvgIpc) is 2.28. The third kappa shape index (κ3) is 3.34. The second-order valence-corrected chi connectivity index (χ2v) is 5.07. The van der Waals surface area contributed by atoms with E-state index in [0.717, 1.165) is 6.42 Å². The van der Waals surface area contributed by atoms with Crippen LogP contribution in [0.25, 0.3) is 0 Å². The van der Waals surface area contributed by atoms with Crippen molar-refractivity contribution in [3.05, 3.63) is 35.4 Å². The maximum Gasteiger partial charge on any atom is 0.234 e. The summed E-state index contributed by atoms with van der Waals surface area (Å²) in [6, 6.07) is 8.17. The average molecular weight is 284 g/mol. The van der Waals surface area contributed by atoms with Gasteiger partial charge < -0.3 is 5.32 Å². The van der Waals surface area contributed by atoms with Gasteiger partial charge in [0.1, 0.15) is 0 Å². The predicted octanol–water partition coefficient (Wildman–Crippen LogP) is 3.35. The van der Waals surface area contributed by atoms with E-state index in [1.165, 1.54) is 11.1 Å². The molecule has 0 aromatic heterocycles. The number of benzene rings is 1. The summed E-state index contributed by atoms with van der Waals surface area (Å²) < 4.78 is 0. The highest BCUT2D eigenvalue weighted by Gasteiger charge is 2.16. The fraction of sp³-hybridized carbons (Fsp3) is 0.462. The van der Waals surface area contributed by atoms with Gasteiger partial charge in [0, 0.05) is 0 Å². The third-order valence-electron chi connectivity index (χ3n) is 2.66. The van der Waals surface area contributed by atoms with Crippen molar-refractivity contribution in [3.8, 4) is 0 Å². The van der Waals surface area contributed by atoms with Crippen LogP contribution in [-0.4, -0.2) is 10.7 Å². The lowest BCUT2D eigenvalue weighted by Gasteiger charge is -2.18. The number of halogens is 1. The normalized spacial score (nSPS) is 14.2. The molecule has 0 heterocycles. The number of hydrogen-bond donors (Lipinski definition) is 1. The van der Waals surface area contributed by atoms with Crippen molar-refractivity contribution in [2.24, 2.45) is 0 Å². The van der Waals surface area contributed by atoms with Gasteiger partial charge in [0.25, 0.3) is 0 Å². The van der Waals surface area contributed by atoms with Crippen LogP contribution in [0.1, 0.15) is 37.4 Å². The first-order valence-electron chi connectivity index (χ1n) is 5.56. The van der Waals surface area contributed by atoms with Gasteiger partial charge in [0.2, 0.25) is 5.91 Å². The quantitative estimate of drug-likeness (QED) is 0.844. The number of rotatable bonds is 4.